The Bertz CT molecular complexity index is 474. The number of benzene rings is 2. The lowest BCUT2D eigenvalue weighted by Gasteiger charge is -2.00. The first-order valence-electron chi connectivity index (χ1n) is 5.60. The summed E-state index contributed by atoms with van der Waals surface area (Å²) in [6.45, 7) is 2.57. The van der Waals surface area contributed by atoms with Gasteiger partial charge in [-0.15, -0.1) is 0 Å². The largest absolute Gasteiger partial charge is 0.391 e. The highest BCUT2D eigenvalue weighted by atomic mass is 16.6. The van der Waals surface area contributed by atoms with Gasteiger partial charge < -0.3 is 4.84 Å². The number of oxime groups is 1. The predicted molar refractivity (Wildman–Crippen MR) is 70.0 cm³/mol. The second kappa shape index (κ2) is 5.85. The van der Waals surface area contributed by atoms with Gasteiger partial charge in [-0.3, -0.25) is 0 Å². The van der Waals surface area contributed by atoms with Gasteiger partial charge >= 0.3 is 0 Å². The molecular formula is C15H15NO. The van der Waals surface area contributed by atoms with Gasteiger partial charge in [-0.05, 0) is 18.1 Å². The van der Waals surface area contributed by atoms with Crippen LogP contribution in [0.5, 0.6) is 0 Å². The molecule has 0 aliphatic rings. The molecule has 2 nitrogen and oxygen atoms in total. The Kier molecular flexibility index (Phi) is 3.92. The van der Waals surface area contributed by atoms with Crippen molar-refractivity contribution in [3.8, 4) is 0 Å². The Morgan fingerprint density at radius 1 is 1.00 bits per heavy atom. The summed E-state index contributed by atoms with van der Waals surface area (Å²) in [5, 5.41) is 3.93. The molecule has 2 heteroatoms. The molecule has 2 rings (SSSR count). The molecule has 86 valence electrons. The Balaban J connectivity index is 1.84. The minimum Gasteiger partial charge on any atom is -0.391 e. The molecule has 0 heterocycles. The minimum atomic E-state index is 0.504. The fourth-order valence-corrected chi connectivity index (χ4v) is 1.43. The van der Waals surface area contributed by atoms with Crippen molar-refractivity contribution in [2.75, 3.05) is 0 Å². The van der Waals surface area contributed by atoms with E-state index in [4.69, 9.17) is 4.84 Å². The van der Waals surface area contributed by atoms with Crippen LogP contribution in [0.1, 0.15) is 16.7 Å². The van der Waals surface area contributed by atoms with E-state index in [9.17, 15) is 0 Å². The highest BCUT2D eigenvalue weighted by Gasteiger charge is 1.91. The molecule has 0 saturated heterocycles. The van der Waals surface area contributed by atoms with Gasteiger partial charge in [0.25, 0.3) is 0 Å². The van der Waals surface area contributed by atoms with E-state index < -0.39 is 0 Å². The second-order valence-corrected chi connectivity index (χ2v) is 3.90. The molecule has 2 aromatic carbocycles. The summed E-state index contributed by atoms with van der Waals surface area (Å²) in [7, 11) is 0. The van der Waals surface area contributed by atoms with Crippen molar-refractivity contribution in [3.63, 3.8) is 0 Å². The van der Waals surface area contributed by atoms with Crippen molar-refractivity contribution in [1.29, 1.82) is 0 Å². The molecule has 0 aliphatic heterocycles. The lowest BCUT2D eigenvalue weighted by Crippen LogP contribution is -1.88. The third-order valence-corrected chi connectivity index (χ3v) is 2.43. The highest BCUT2D eigenvalue weighted by molar-refractivity contribution is 5.78. The molecule has 17 heavy (non-hydrogen) atoms. The third kappa shape index (κ3) is 3.76. The summed E-state index contributed by atoms with van der Waals surface area (Å²) >= 11 is 0. The van der Waals surface area contributed by atoms with Crippen molar-refractivity contribution in [2.24, 2.45) is 5.16 Å². The van der Waals surface area contributed by atoms with Crippen LogP contribution in [0.4, 0.5) is 0 Å². The first kappa shape index (κ1) is 11.4. The molecule has 0 aliphatic carbocycles. The van der Waals surface area contributed by atoms with Crippen LogP contribution in [0.2, 0.25) is 0 Å². The molecular weight excluding hydrogens is 210 g/mol. The van der Waals surface area contributed by atoms with Crippen molar-refractivity contribution in [2.45, 2.75) is 13.5 Å². The standard InChI is InChI=1S/C15H15NO/c1-13-7-9-15(10-8-13)12-17-16-11-14-5-3-2-4-6-14/h2-11H,12H2,1H3/b16-11+. The third-order valence-electron chi connectivity index (χ3n) is 2.43. The van der Waals surface area contributed by atoms with E-state index in [2.05, 4.69) is 24.2 Å². The molecule has 0 spiro atoms. The molecule has 0 fully saturated rings. The van der Waals surface area contributed by atoms with E-state index in [-0.39, 0.29) is 0 Å². The van der Waals surface area contributed by atoms with Crippen LogP contribution in [-0.2, 0) is 11.4 Å². The maximum Gasteiger partial charge on any atom is 0.142 e. The fraction of sp³-hybridized carbons (Fsp3) is 0.133. The number of aryl methyl sites for hydroxylation is 1. The lowest BCUT2D eigenvalue weighted by atomic mass is 10.2. The fourth-order valence-electron chi connectivity index (χ4n) is 1.43. The van der Waals surface area contributed by atoms with Crippen LogP contribution in [0, 0.1) is 6.92 Å². The first-order valence-corrected chi connectivity index (χ1v) is 5.60. The minimum absolute atomic E-state index is 0.504. The van der Waals surface area contributed by atoms with Gasteiger partial charge in [0.15, 0.2) is 0 Å². The lowest BCUT2D eigenvalue weighted by molar-refractivity contribution is 0.132. The molecule has 0 amide bonds. The van der Waals surface area contributed by atoms with E-state index in [0.29, 0.717) is 6.61 Å². The maximum atomic E-state index is 5.23. The van der Waals surface area contributed by atoms with Crippen LogP contribution < -0.4 is 0 Å². The Morgan fingerprint density at radius 3 is 2.41 bits per heavy atom. The Hall–Kier alpha value is -2.09. The average molecular weight is 225 g/mol. The number of rotatable bonds is 4. The SMILES string of the molecule is Cc1ccc(CO/N=C/c2ccccc2)cc1. The first-order chi connectivity index (χ1) is 8.34. The quantitative estimate of drug-likeness (QED) is 0.576. The molecule has 0 bridgehead atoms. The monoisotopic (exact) mass is 225 g/mol. The van der Waals surface area contributed by atoms with Crippen LogP contribution in [0.3, 0.4) is 0 Å². The van der Waals surface area contributed by atoms with Crippen LogP contribution in [0.15, 0.2) is 59.8 Å². The van der Waals surface area contributed by atoms with Gasteiger partial charge in [0.05, 0.1) is 6.21 Å². The van der Waals surface area contributed by atoms with Gasteiger partial charge in [0.2, 0.25) is 0 Å². The van der Waals surface area contributed by atoms with E-state index in [1.165, 1.54) is 5.56 Å². The average Bonchev–Trinajstić information content (AvgIpc) is 2.38. The van der Waals surface area contributed by atoms with Gasteiger partial charge in [0.1, 0.15) is 6.61 Å². The van der Waals surface area contributed by atoms with Gasteiger partial charge in [0, 0.05) is 0 Å². The molecule has 0 radical (unpaired) electrons. The van der Waals surface area contributed by atoms with Crippen molar-refractivity contribution < 1.29 is 4.84 Å². The number of hydrogen-bond donors (Lipinski definition) is 0. The van der Waals surface area contributed by atoms with Crippen LogP contribution >= 0.6 is 0 Å². The summed E-state index contributed by atoms with van der Waals surface area (Å²) in [6, 6.07) is 18.1. The molecule has 0 unspecified atom stereocenters. The zero-order valence-corrected chi connectivity index (χ0v) is 9.84. The smallest absolute Gasteiger partial charge is 0.142 e. The topological polar surface area (TPSA) is 21.6 Å². The molecule has 2 aromatic rings. The summed E-state index contributed by atoms with van der Waals surface area (Å²) in [6.07, 6.45) is 1.72. The van der Waals surface area contributed by atoms with E-state index in [0.717, 1.165) is 11.1 Å². The van der Waals surface area contributed by atoms with Crippen molar-refractivity contribution in [3.05, 3.63) is 71.3 Å². The zero-order valence-electron chi connectivity index (χ0n) is 9.84. The van der Waals surface area contributed by atoms with Gasteiger partial charge in [-0.25, -0.2) is 0 Å². The summed E-state index contributed by atoms with van der Waals surface area (Å²) in [5.41, 5.74) is 3.42. The summed E-state index contributed by atoms with van der Waals surface area (Å²) < 4.78 is 0. The van der Waals surface area contributed by atoms with Crippen molar-refractivity contribution in [1.82, 2.24) is 0 Å². The molecule has 0 saturated carbocycles. The van der Waals surface area contributed by atoms with E-state index in [1.54, 1.807) is 6.21 Å². The maximum absolute atomic E-state index is 5.23. The van der Waals surface area contributed by atoms with E-state index >= 15 is 0 Å². The van der Waals surface area contributed by atoms with Gasteiger partial charge in [-0.1, -0.05) is 65.3 Å². The predicted octanol–water partition coefficient (Wildman–Crippen LogP) is 3.55. The van der Waals surface area contributed by atoms with E-state index in [1.807, 2.05) is 42.5 Å². The van der Waals surface area contributed by atoms with Gasteiger partial charge in [-0.2, -0.15) is 0 Å². The molecule has 0 N–H and O–H groups in total. The number of nitrogens with zero attached hydrogens (tertiary/aromatic N) is 1. The second-order valence-electron chi connectivity index (χ2n) is 3.90. The Labute approximate surface area is 102 Å². The van der Waals surface area contributed by atoms with Crippen LogP contribution in [0.25, 0.3) is 0 Å². The Morgan fingerprint density at radius 2 is 1.71 bits per heavy atom. The molecule has 0 atom stereocenters. The normalized spacial score (nSPS) is 10.6. The molecule has 0 aromatic heterocycles. The summed E-state index contributed by atoms with van der Waals surface area (Å²) in [4.78, 5) is 5.23. The van der Waals surface area contributed by atoms with Crippen molar-refractivity contribution >= 4 is 6.21 Å². The van der Waals surface area contributed by atoms with Crippen LogP contribution in [-0.4, -0.2) is 6.21 Å². The summed E-state index contributed by atoms with van der Waals surface area (Å²) in [5.74, 6) is 0. The highest BCUT2D eigenvalue weighted by Crippen LogP contribution is 2.04. The number of hydrogen-bond acceptors (Lipinski definition) is 2. The zero-order chi connectivity index (χ0) is 11.9.